The number of nitrogens with one attached hydrogen (secondary N) is 1. The fraction of sp³-hybridized carbons (Fsp3) is 0.583. The molecule has 1 aliphatic heterocycles. The van der Waals surface area contributed by atoms with E-state index in [4.69, 9.17) is 10.5 Å². The Bertz CT molecular complexity index is 517. The van der Waals surface area contributed by atoms with Crippen LogP contribution in [0.2, 0.25) is 0 Å². The summed E-state index contributed by atoms with van der Waals surface area (Å²) in [4.78, 5) is 25.9. The minimum absolute atomic E-state index is 0.170. The van der Waals surface area contributed by atoms with E-state index in [1.165, 1.54) is 4.90 Å². The van der Waals surface area contributed by atoms with E-state index in [1.54, 1.807) is 25.6 Å². The molecule has 1 aromatic rings. The molecule has 1 fully saturated rings. The summed E-state index contributed by atoms with van der Waals surface area (Å²) in [5.41, 5.74) is 6.97. The molecule has 0 saturated carbocycles. The molecule has 1 aromatic heterocycles. The summed E-state index contributed by atoms with van der Waals surface area (Å²) in [6, 6.07) is -0.572. The molecule has 0 radical (unpaired) electrons. The van der Waals surface area contributed by atoms with Crippen molar-refractivity contribution in [3.63, 3.8) is 0 Å². The van der Waals surface area contributed by atoms with E-state index < -0.39 is 6.04 Å². The van der Waals surface area contributed by atoms with Gasteiger partial charge in [-0.3, -0.25) is 9.89 Å². The number of hydrogen-bond acceptors (Lipinski definition) is 6. The van der Waals surface area contributed by atoms with Crippen LogP contribution in [0.3, 0.4) is 0 Å². The fourth-order valence-electron chi connectivity index (χ4n) is 2.02. The zero-order valence-corrected chi connectivity index (χ0v) is 12.3. The lowest BCUT2D eigenvalue weighted by Gasteiger charge is -2.33. The summed E-state index contributed by atoms with van der Waals surface area (Å²) >= 11 is 1.63. The summed E-state index contributed by atoms with van der Waals surface area (Å²) in [6.45, 7) is 4.27. The highest BCUT2D eigenvalue weighted by atomic mass is 32.2. The van der Waals surface area contributed by atoms with Gasteiger partial charge in [-0.05, 0) is 13.8 Å². The summed E-state index contributed by atoms with van der Waals surface area (Å²) < 4.78 is 5.03. The van der Waals surface area contributed by atoms with Crippen molar-refractivity contribution in [1.82, 2.24) is 15.1 Å². The van der Waals surface area contributed by atoms with Crippen molar-refractivity contribution in [2.45, 2.75) is 19.9 Å². The van der Waals surface area contributed by atoms with Crippen LogP contribution in [0.4, 0.5) is 5.69 Å². The van der Waals surface area contributed by atoms with Gasteiger partial charge in [0.05, 0.1) is 18.0 Å². The molecule has 7 nitrogen and oxygen atoms in total. The van der Waals surface area contributed by atoms with Crippen LogP contribution < -0.4 is 5.73 Å². The number of aromatic nitrogens is 2. The molecule has 1 atom stereocenters. The van der Waals surface area contributed by atoms with Crippen LogP contribution in [0.25, 0.3) is 0 Å². The molecule has 3 N–H and O–H groups in total. The highest BCUT2D eigenvalue weighted by Gasteiger charge is 2.35. The van der Waals surface area contributed by atoms with Gasteiger partial charge in [0.1, 0.15) is 6.04 Å². The molecule has 110 valence electrons. The van der Waals surface area contributed by atoms with Crippen LogP contribution in [-0.2, 0) is 9.53 Å². The molecule has 1 amide bonds. The molecule has 1 aliphatic rings. The number of nitrogens with two attached hydrogens (primary N) is 1. The van der Waals surface area contributed by atoms with Gasteiger partial charge in [-0.25, -0.2) is 4.79 Å². The second kappa shape index (κ2) is 6.17. The molecule has 1 unspecified atom stereocenters. The van der Waals surface area contributed by atoms with Crippen LogP contribution in [0.1, 0.15) is 23.1 Å². The second-order valence-electron chi connectivity index (χ2n) is 4.45. The van der Waals surface area contributed by atoms with Crippen LogP contribution in [0, 0.1) is 6.92 Å². The van der Waals surface area contributed by atoms with Gasteiger partial charge in [0.15, 0.2) is 5.69 Å². The van der Waals surface area contributed by atoms with Gasteiger partial charge in [-0.1, -0.05) is 0 Å². The maximum atomic E-state index is 12.5. The number of ether oxygens (including phenoxy) is 1. The van der Waals surface area contributed by atoms with Gasteiger partial charge >= 0.3 is 5.97 Å². The van der Waals surface area contributed by atoms with Crippen molar-refractivity contribution in [3.8, 4) is 0 Å². The monoisotopic (exact) mass is 298 g/mol. The van der Waals surface area contributed by atoms with Crippen LogP contribution in [-0.4, -0.2) is 57.7 Å². The zero-order chi connectivity index (χ0) is 14.7. The average Bonchev–Trinajstić information content (AvgIpc) is 2.78. The molecular weight excluding hydrogens is 280 g/mol. The van der Waals surface area contributed by atoms with Gasteiger partial charge in [0.2, 0.25) is 0 Å². The summed E-state index contributed by atoms with van der Waals surface area (Å²) in [6.07, 6.45) is 0. The number of thioether (sulfide) groups is 1. The minimum Gasteiger partial charge on any atom is -0.464 e. The van der Waals surface area contributed by atoms with Crippen LogP contribution in [0.5, 0.6) is 0 Å². The number of anilines is 1. The lowest BCUT2D eigenvalue weighted by molar-refractivity contribution is -0.147. The molecule has 0 spiro atoms. The van der Waals surface area contributed by atoms with Crippen LogP contribution in [0.15, 0.2) is 0 Å². The third kappa shape index (κ3) is 2.74. The van der Waals surface area contributed by atoms with E-state index in [0.29, 0.717) is 30.3 Å². The Kier molecular flexibility index (Phi) is 4.53. The number of rotatable bonds is 3. The second-order valence-corrected chi connectivity index (χ2v) is 5.60. The largest absolute Gasteiger partial charge is 0.464 e. The molecule has 0 bridgehead atoms. The molecule has 0 aromatic carbocycles. The fourth-order valence-corrected chi connectivity index (χ4v) is 3.05. The van der Waals surface area contributed by atoms with Gasteiger partial charge < -0.3 is 15.4 Å². The molecule has 2 heterocycles. The quantitative estimate of drug-likeness (QED) is 0.784. The van der Waals surface area contributed by atoms with E-state index in [0.717, 1.165) is 5.75 Å². The van der Waals surface area contributed by atoms with E-state index in [1.807, 2.05) is 0 Å². The maximum Gasteiger partial charge on any atom is 0.329 e. The van der Waals surface area contributed by atoms with Gasteiger partial charge in [-0.15, -0.1) is 0 Å². The third-order valence-corrected chi connectivity index (χ3v) is 4.17. The Balaban J connectivity index is 2.21. The van der Waals surface area contributed by atoms with Crippen molar-refractivity contribution in [1.29, 1.82) is 0 Å². The van der Waals surface area contributed by atoms with Crippen molar-refractivity contribution in [2.24, 2.45) is 0 Å². The first-order valence-corrected chi connectivity index (χ1v) is 7.57. The number of carbonyl (C=O) groups excluding carboxylic acids is 2. The van der Waals surface area contributed by atoms with Gasteiger partial charge in [0, 0.05) is 18.1 Å². The molecular formula is C12H18N4O3S. The number of H-pyrrole nitrogens is 1. The summed E-state index contributed by atoms with van der Waals surface area (Å²) in [5, 5.41) is 6.61. The number of esters is 1. The zero-order valence-electron chi connectivity index (χ0n) is 11.5. The number of amides is 1. The number of aromatic amines is 1. The van der Waals surface area contributed by atoms with Crippen molar-refractivity contribution in [3.05, 3.63) is 11.4 Å². The first-order valence-electron chi connectivity index (χ1n) is 6.42. The molecule has 2 rings (SSSR count). The number of hydrogen-bond donors (Lipinski definition) is 2. The third-order valence-electron chi connectivity index (χ3n) is 3.15. The highest BCUT2D eigenvalue weighted by molar-refractivity contribution is 7.99. The lowest BCUT2D eigenvalue weighted by Crippen LogP contribution is -2.51. The number of nitrogen functional groups attached to an aromatic ring is 1. The van der Waals surface area contributed by atoms with E-state index >= 15 is 0 Å². The predicted octanol–water partition coefficient (Wildman–Crippen LogP) is 0.421. The number of aryl methyl sites for hydroxylation is 1. The SMILES string of the molecule is CCOC(=O)C1CSCCN1C(=O)c1n[nH]c(C)c1N. The molecule has 1 saturated heterocycles. The Morgan fingerprint density at radius 1 is 1.60 bits per heavy atom. The Morgan fingerprint density at radius 3 is 2.95 bits per heavy atom. The Hall–Kier alpha value is -1.70. The van der Waals surface area contributed by atoms with Crippen molar-refractivity contribution >= 4 is 29.3 Å². The first-order chi connectivity index (χ1) is 9.56. The molecule has 0 aliphatic carbocycles. The lowest BCUT2D eigenvalue weighted by atomic mass is 10.2. The summed E-state index contributed by atoms with van der Waals surface area (Å²) in [7, 11) is 0. The summed E-state index contributed by atoms with van der Waals surface area (Å²) in [5.74, 6) is 0.614. The average molecular weight is 298 g/mol. The molecule has 20 heavy (non-hydrogen) atoms. The predicted molar refractivity (Wildman–Crippen MR) is 76.5 cm³/mol. The number of nitrogens with zero attached hydrogens (tertiary/aromatic N) is 2. The molecule has 8 heteroatoms. The topological polar surface area (TPSA) is 101 Å². The van der Waals surface area contributed by atoms with Gasteiger partial charge in [-0.2, -0.15) is 16.9 Å². The highest BCUT2D eigenvalue weighted by Crippen LogP contribution is 2.22. The minimum atomic E-state index is -0.572. The standard InChI is InChI=1S/C12H18N4O3S/c1-3-19-12(18)8-6-20-5-4-16(8)11(17)10-9(13)7(2)14-15-10/h8H,3-6,13H2,1-2H3,(H,14,15). The maximum absolute atomic E-state index is 12.5. The Labute approximate surface area is 121 Å². The first kappa shape index (κ1) is 14.7. The van der Waals surface area contributed by atoms with Crippen molar-refractivity contribution < 1.29 is 14.3 Å². The van der Waals surface area contributed by atoms with E-state index in [2.05, 4.69) is 10.2 Å². The van der Waals surface area contributed by atoms with E-state index in [-0.39, 0.29) is 17.6 Å². The smallest absolute Gasteiger partial charge is 0.329 e. The van der Waals surface area contributed by atoms with Gasteiger partial charge in [0.25, 0.3) is 5.91 Å². The van der Waals surface area contributed by atoms with Crippen LogP contribution >= 0.6 is 11.8 Å². The van der Waals surface area contributed by atoms with E-state index in [9.17, 15) is 9.59 Å². The normalized spacial score (nSPS) is 18.9. The number of carbonyl (C=O) groups is 2. The Morgan fingerprint density at radius 2 is 2.35 bits per heavy atom. The van der Waals surface area contributed by atoms with Crippen molar-refractivity contribution in [2.75, 3.05) is 30.4 Å².